The third-order valence-corrected chi connectivity index (χ3v) is 4.74. The number of esters is 1. The van der Waals surface area contributed by atoms with E-state index < -0.39 is 30.2 Å². The fraction of sp³-hybridized carbons (Fsp3) is 0.471. The first kappa shape index (κ1) is 18.3. The Hall–Kier alpha value is -2.08. The second-order valence-corrected chi connectivity index (χ2v) is 6.17. The lowest BCUT2D eigenvalue weighted by atomic mass is 9.93. The van der Waals surface area contributed by atoms with Crippen LogP contribution in [0.25, 0.3) is 0 Å². The highest BCUT2D eigenvalue weighted by Gasteiger charge is 2.49. The smallest absolute Gasteiger partial charge is 0.326 e. The molecule has 130 valence electrons. The molecule has 1 aromatic rings. The Morgan fingerprint density at radius 2 is 1.92 bits per heavy atom. The van der Waals surface area contributed by atoms with Crippen molar-refractivity contribution in [2.24, 2.45) is 0 Å². The molecule has 1 atom stereocenters. The number of carbonyl (C=O) groups is 3. The van der Waals surface area contributed by atoms with Crippen molar-refractivity contribution >= 4 is 29.5 Å². The predicted molar refractivity (Wildman–Crippen MR) is 89.5 cm³/mol. The minimum Gasteiger partial charge on any atom is -0.456 e. The average molecular weight is 353 g/mol. The Bertz CT molecular complexity index is 658. The van der Waals surface area contributed by atoms with Crippen molar-refractivity contribution in [1.82, 2.24) is 10.2 Å². The van der Waals surface area contributed by atoms with Crippen LogP contribution in [0.1, 0.15) is 45.3 Å². The number of hydrogen-bond donors (Lipinski definition) is 1. The van der Waals surface area contributed by atoms with E-state index in [1.807, 2.05) is 13.8 Å². The lowest BCUT2D eigenvalue weighted by molar-refractivity contribution is -0.152. The van der Waals surface area contributed by atoms with E-state index in [0.29, 0.717) is 23.4 Å². The van der Waals surface area contributed by atoms with Gasteiger partial charge in [0.2, 0.25) is 0 Å². The molecule has 7 heteroatoms. The van der Waals surface area contributed by atoms with Crippen LogP contribution in [0.4, 0.5) is 4.79 Å². The minimum absolute atomic E-state index is 0.389. The van der Waals surface area contributed by atoms with Gasteiger partial charge in [-0.1, -0.05) is 43.6 Å². The zero-order valence-electron chi connectivity index (χ0n) is 14.0. The van der Waals surface area contributed by atoms with Gasteiger partial charge in [0, 0.05) is 10.6 Å². The Kier molecular flexibility index (Phi) is 5.49. The first-order chi connectivity index (χ1) is 11.3. The fourth-order valence-corrected chi connectivity index (χ4v) is 3.07. The van der Waals surface area contributed by atoms with Gasteiger partial charge in [-0.05, 0) is 25.8 Å². The molecule has 24 heavy (non-hydrogen) atoms. The first-order valence-corrected chi connectivity index (χ1v) is 8.30. The number of urea groups is 1. The van der Waals surface area contributed by atoms with E-state index in [4.69, 9.17) is 16.3 Å². The summed E-state index contributed by atoms with van der Waals surface area (Å²) in [5.41, 5.74) is -0.257. The van der Waals surface area contributed by atoms with Gasteiger partial charge >= 0.3 is 12.0 Å². The number of benzene rings is 1. The number of amides is 3. The maximum absolute atomic E-state index is 12.5. The van der Waals surface area contributed by atoms with Gasteiger partial charge in [0.15, 0.2) is 0 Å². The van der Waals surface area contributed by atoms with Crippen molar-refractivity contribution in [3.8, 4) is 0 Å². The van der Waals surface area contributed by atoms with Gasteiger partial charge in [-0.15, -0.1) is 0 Å². The molecule has 1 aliphatic rings. The number of halogens is 1. The Balaban J connectivity index is 2.04. The number of rotatable bonds is 6. The van der Waals surface area contributed by atoms with E-state index in [-0.39, 0.29) is 5.91 Å². The van der Waals surface area contributed by atoms with Gasteiger partial charge < -0.3 is 10.1 Å². The number of nitrogens with zero attached hydrogens (tertiary/aromatic N) is 1. The molecule has 3 amide bonds. The van der Waals surface area contributed by atoms with Crippen LogP contribution in [-0.4, -0.2) is 34.9 Å². The molecule has 1 heterocycles. The van der Waals surface area contributed by atoms with E-state index >= 15 is 0 Å². The number of nitrogens with one attached hydrogen (secondary N) is 1. The summed E-state index contributed by atoms with van der Waals surface area (Å²) in [6.45, 7) is 4.92. The minimum atomic E-state index is -0.925. The normalized spacial score (nSPS) is 17.6. The summed E-state index contributed by atoms with van der Waals surface area (Å²) in [5.74, 6) is -1.05. The van der Waals surface area contributed by atoms with Crippen molar-refractivity contribution in [3.63, 3.8) is 0 Å². The second-order valence-electron chi connectivity index (χ2n) is 5.76. The highest BCUT2D eigenvalue weighted by molar-refractivity contribution is 6.31. The summed E-state index contributed by atoms with van der Waals surface area (Å²) in [6.07, 6.45) is 0.361. The largest absolute Gasteiger partial charge is 0.456 e. The predicted octanol–water partition coefficient (Wildman–Crippen LogP) is 3.05. The van der Waals surface area contributed by atoms with Crippen LogP contribution in [0.5, 0.6) is 0 Å². The molecule has 0 radical (unpaired) electrons. The molecule has 1 saturated heterocycles. The summed E-state index contributed by atoms with van der Waals surface area (Å²) in [6, 6.07) is 6.47. The van der Waals surface area contributed by atoms with Crippen molar-refractivity contribution in [2.75, 3.05) is 6.54 Å². The third-order valence-electron chi connectivity index (χ3n) is 4.39. The van der Waals surface area contributed by atoms with Crippen molar-refractivity contribution in [1.29, 1.82) is 0 Å². The molecule has 2 rings (SSSR count). The molecule has 1 fully saturated rings. The van der Waals surface area contributed by atoms with Crippen LogP contribution in [0, 0.1) is 0 Å². The van der Waals surface area contributed by atoms with E-state index in [0.717, 1.165) is 4.90 Å². The van der Waals surface area contributed by atoms with Gasteiger partial charge in [-0.25, -0.2) is 4.79 Å². The first-order valence-electron chi connectivity index (χ1n) is 7.92. The van der Waals surface area contributed by atoms with Crippen LogP contribution < -0.4 is 5.32 Å². The second kappa shape index (κ2) is 7.21. The van der Waals surface area contributed by atoms with E-state index in [1.165, 1.54) is 0 Å². The molecule has 0 aromatic heterocycles. The van der Waals surface area contributed by atoms with E-state index in [9.17, 15) is 14.4 Å². The van der Waals surface area contributed by atoms with Gasteiger partial charge in [0.1, 0.15) is 18.2 Å². The Morgan fingerprint density at radius 1 is 1.29 bits per heavy atom. The van der Waals surface area contributed by atoms with E-state index in [2.05, 4.69) is 5.32 Å². The monoisotopic (exact) mass is 352 g/mol. The number of ether oxygens (including phenoxy) is 1. The third kappa shape index (κ3) is 3.38. The molecule has 1 aliphatic heterocycles. The van der Waals surface area contributed by atoms with Gasteiger partial charge in [0.05, 0.1) is 0 Å². The van der Waals surface area contributed by atoms with Crippen LogP contribution in [-0.2, 0) is 14.3 Å². The van der Waals surface area contributed by atoms with Crippen LogP contribution in [0.15, 0.2) is 24.3 Å². The summed E-state index contributed by atoms with van der Waals surface area (Å²) in [4.78, 5) is 37.5. The van der Waals surface area contributed by atoms with Gasteiger partial charge in [-0.3, -0.25) is 14.5 Å². The summed E-state index contributed by atoms with van der Waals surface area (Å²) in [5, 5.41) is 3.16. The molecular weight excluding hydrogens is 332 g/mol. The van der Waals surface area contributed by atoms with Crippen molar-refractivity contribution in [3.05, 3.63) is 34.9 Å². The highest BCUT2D eigenvalue weighted by Crippen LogP contribution is 2.27. The van der Waals surface area contributed by atoms with Crippen LogP contribution in [0.2, 0.25) is 5.02 Å². The molecular formula is C17H21ClN2O4. The standard InChI is InChI=1S/C17H21ClN2O4/c1-4-17(5-2)15(22)20(16(23)19-17)10-14(21)24-11(3)12-8-6-7-9-13(12)18/h6-9,11H,4-5,10H2,1-3H3,(H,19,23)/t11-/m1/s1. The Labute approximate surface area is 146 Å². The lowest BCUT2D eigenvalue weighted by Gasteiger charge is -2.23. The number of carbonyl (C=O) groups excluding carboxylic acids is 3. The highest BCUT2D eigenvalue weighted by atomic mass is 35.5. The molecule has 1 aromatic carbocycles. The lowest BCUT2D eigenvalue weighted by Crippen LogP contribution is -2.46. The number of imide groups is 1. The molecule has 0 saturated carbocycles. The molecule has 0 spiro atoms. The van der Waals surface area contributed by atoms with Crippen molar-refractivity contribution in [2.45, 2.75) is 45.3 Å². The summed E-state index contributed by atoms with van der Waals surface area (Å²) >= 11 is 6.07. The molecule has 6 nitrogen and oxygen atoms in total. The molecule has 1 N–H and O–H groups in total. The zero-order valence-corrected chi connectivity index (χ0v) is 14.7. The summed E-state index contributed by atoms with van der Waals surface area (Å²) in [7, 11) is 0. The molecule has 0 unspecified atom stereocenters. The molecule has 0 aliphatic carbocycles. The fourth-order valence-electron chi connectivity index (χ4n) is 2.78. The van der Waals surface area contributed by atoms with Crippen LogP contribution in [0.3, 0.4) is 0 Å². The maximum Gasteiger partial charge on any atom is 0.326 e. The quantitative estimate of drug-likeness (QED) is 0.630. The SMILES string of the molecule is CCC1(CC)NC(=O)N(CC(=O)O[C@H](C)c2ccccc2Cl)C1=O. The Morgan fingerprint density at radius 3 is 2.46 bits per heavy atom. The zero-order chi connectivity index (χ0) is 17.9. The van der Waals surface area contributed by atoms with Gasteiger partial charge in [0.25, 0.3) is 5.91 Å². The number of hydrogen-bond acceptors (Lipinski definition) is 4. The van der Waals surface area contributed by atoms with Crippen molar-refractivity contribution < 1.29 is 19.1 Å². The molecule has 0 bridgehead atoms. The van der Waals surface area contributed by atoms with E-state index in [1.54, 1.807) is 31.2 Å². The van der Waals surface area contributed by atoms with Crippen LogP contribution >= 0.6 is 11.6 Å². The average Bonchev–Trinajstić information content (AvgIpc) is 2.79. The van der Waals surface area contributed by atoms with Gasteiger partial charge in [-0.2, -0.15) is 0 Å². The topological polar surface area (TPSA) is 75.7 Å². The summed E-state index contributed by atoms with van der Waals surface area (Å²) < 4.78 is 5.31. The maximum atomic E-state index is 12.5.